The van der Waals surface area contributed by atoms with Crippen LogP contribution in [0.25, 0.3) is 0 Å². The molecule has 0 fully saturated rings. The molecule has 7 heteroatoms. The van der Waals surface area contributed by atoms with E-state index in [-0.39, 0.29) is 18.9 Å². The van der Waals surface area contributed by atoms with Crippen molar-refractivity contribution in [2.75, 3.05) is 31.1 Å². The standard InChI is InChI=1S/C32H38N4O3/c1-2-20-36(32(38)22-31-34-19-21-35(31)24-27-9-5-3-6-10-27)28-15-13-26(14-16-28)17-18-33-23-29(37)25-39-30-11-7-4-8-12-30/h3-16,19,21,29,33,37H,2,17-18,20,22-25H2,1H3/t29-/m0/s1. The van der Waals surface area contributed by atoms with Crippen molar-refractivity contribution in [3.63, 3.8) is 0 Å². The smallest absolute Gasteiger partial charge is 0.234 e. The summed E-state index contributed by atoms with van der Waals surface area (Å²) in [4.78, 5) is 19.7. The lowest BCUT2D eigenvalue weighted by Gasteiger charge is -2.23. The van der Waals surface area contributed by atoms with Crippen molar-refractivity contribution in [1.29, 1.82) is 0 Å². The Bertz CT molecular complexity index is 1260. The molecule has 1 heterocycles. The number of carbonyl (C=O) groups is 1. The van der Waals surface area contributed by atoms with E-state index in [4.69, 9.17) is 4.74 Å². The summed E-state index contributed by atoms with van der Waals surface area (Å²) in [6, 6.07) is 27.9. The number of nitrogens with one attached hydrogen (secondary N) is 1. The Kier molecular flexibility index (Phi) is 10.7. The summed E-state index contributed by atoms with van der Waals surface area (Å²) < 4.78 is 7.64. The largest absolute Gasteiger partial charge is 0.491 e. The van der Waals surface area contributed by atoms with Gasteiger partial charge in [-0.25, -0.2) is 4.98 Å². The Morgan fingerprint density at radius 2 is 1.72 bits per heavy atom. The van der Waals surface area contributed by atoms with Gasteiger partial charge in [0.25, 0.3) is 0 Å². The van der Waals surface area contributed by atoms with E-state index in [1.807, 2.05) is 76.3 Å². The van der Waals surface area contributed by atoms with Crippen LogP contribution in [-0.2, 0) is 24.2 Å². The van der Waals surface area contributed by atoms with Gasteiger partial charge in [-0.2, -0.15) is 0 Å². The molecule has 0 aliphatic heterocycles. The molecule has 3 aromatic carbocycles. The molecule has 0 unspecified atom stereocenters. The predicted octanol–water partition coefficient (Wildman–Crippen LogP) is 4.49. The van der Waals surface area contributed by atoms with Crippen LogP contribution in [-0.4, -0.2) is 52.9 Å². The van der Waals surface area contributed by atoms with Crippen molar-refractivity contribution in [2.24, 2.45) is 0 Å². The molecule has 4 aromatic rings. The highest BCUT2D eigenvalue weighted by Crippen LogP contribution is 2.18. The predicted molar refractivity (Wildman–Crippen MR) is 155 cm³/mol. The molecule has 0 aliphatic carbocycles. The van der Waals surface area contributed by atoms with Crippen molar-refractivity contribution >= 4 is 11.6 Å². The number of rotatable bonds is 15. The van der Waals surface area contributed by atoms with E-state index in [1.54, 1.807) is 6.20 Å². The molecule has 0 saturated carbocycles. The van der Waals surface area contributed by atoms with Crippen LogP contribution >= 0.6 is 0 Å². The van der Waals surface area contributed by atoms with Gasteiger partial charge in [0.05, 0.1) is 6.42 Å². The first-order valence-electron chi connectivity index (χ1n) is 13.6. The molecular weight excluding hydrogens is 488 g/mol. The molecule has 0 saturated heterocycles. The molecule has 1 amide bonds. The zero-order valence-electron chi connectivity index (χ0n) is 22.6. The van der Waals surface area contributed by atoms with Crippen molar-refractivity contribution < 1.29 is 14.6 Å². The fraction of sp³-hybridized carbons (Fsp3) is 0.312. The summed E-state index contributed by atoms with van der Waals surface area (Å²) in [5.74, 6) is 1.56. The number of amides is 1. The monoisotopic (exact) mass is 526 g/mol. The summed E-state index contributed by atoms with van der Waals surface area (Å²) in [7, 11) is 0. The average molecular weight is 527 g/mol. The van der Waals surface area contributed by atoms with E-state index in [0.717, 1.165) is 36.6 Å². The number of aliphatic hydroxyl groups excluding tert-OH is 1. The number of hydrogen-bond donors (Lipinski definition) is 2. The molecule has 0 radical (unpaired) electrons. The van der Waals surface area contributed by atoms with Crippen molar-refractivity contribution in [2.45, 2.75) is 38.8 Å². The first kappa shape index (κ1) is 28.1. The molecule has 0 spiro atoms. The van der Waals surface area contributed by atoms with E-state index in [9.17, 15) is 9.90 Å². The van der Waals surface area contributed by atoms with Crippen LogP contribution in [0.1, 0.15) is 30.3 Å². The number of carbonyl (C=O) groups excluding carboxylic acids is 1. The first-order valence-corrected chi connectivity index (χ1v) is 13.6. The third-order valence-corrected chi connectivity index (χ3v) is 6.46. The molecule has 1 aromatic heterocycles. The Labute approximate surface area is 231 Å². The van der Waals surface area contributed by atoms with Crippen LogP contribution in [0.15, 0.2) is 97.3 Å². The fourth-order valence-corrected chi connectivity index (χ4v) is 4.40. The number of hydrogen-bond acceptors (Lipinski definition) is 5. The van der Waals surface area contributed by atoms with Gasteiger partial charge >= 0.3 is 0 Å². The second-order valence-electron chi connectivity index (χ2n) is 9.58. The Morgan fingerprint density at radius 1 is 1.00 bits per heavy atom. The van der Waals surface area contributed by atoms with E-state index in [1.165, 1.54) is 11.1 Å². The Morgan fingerprint density at radius 3 is 2.44 bits per heavy atom. The summed E-state index contributed by atoms with van der Waals surface area (Å²) in [6.07, 6.45) is 5.05. The summed E-state index contributed by atoms with van der Waals surface area (Å²) in [5.41, 5.74) is 3.24. The van der Waals surface area contributed by atoms with Crippen LogP contribution < -0.4 is 15.0 Å². The topological polar surface area (TPSA) is 79.6 Å². The normalized spacial score (nSPS) is 11.7. The van der Waals surface area contributed by atoms with Crippen LogP contribution in [0, 0.1) is 0 Å². The lowest BCUT2D eigenvalue weighted by atomic mass is 10.1. The maximum atomic E-state index is 13.3. The van der Waals surface area contributed by atoms with Crippen LogP contribution in [0.5, 0.6) is 5.75 Å². The SMILES string of the molecule is CCCN(C(=O)Cc1nccn1Cc1ccccc1)c1ccc(CCNC[C@H](O)COc2ccccc2)cc1. The summed E-state index contributed by atoms with van der Waals surface area (Å²) >= 11 is 0. The molecule has 1 atom stereocenters. The van der Waals surface area contributed by atoms with Gasteiger partial charge in [-0.15, -0.1) is 0 Å². The summed E-state index contributed by atoms with van der Waals surface area (Å²) in [5, 5.41) is 13.4. The van der Waals surface area contributed by atoms with Crippen LogP contribution in [0.2, 0.25) is 0 Å². The van der Waals surface area contributed by atoms with Crippen LogP contribution in [0.3, 0.4) is 0 Å². The third-order valence-electron chi connectivity index (χ3n) is 6.46. The van der Waals surface area contributed by atoms with Gasteiger partial charge in [-0.05, 0) is 54.8 Å². The Balaban J connectivity index is 1.25. The Hall–Kier alpha value is -3.94. The highest BCUT2D eigenvalue weighted by atomic mass is 16.5. The van der Waals surface area contributed by atoms with Crippen molar-refractivity contribution in [3.05, 3.63) is 114 Å². The maximum Gasteiger partial charge on any atom is 0.234 e. The number of ether oxygens (including phenoxy) is 1. The highest BCUT2D eigenvalue weighted by Gasteiger charge is 2.18. The summed E-state index contributed by atoms with van der Waals surface area (Å²) in [6.45, 7) is 4.88. The minimum atomic E-state index is -0.579. The fourth-order valence-electron chi connectivity index (χ4n) is 4.40. The molecule has 0 aliphatic rings. The maximum absolute atomic E-state index is 13.3. The average Bonchev–Trinajstić information content (AvgIpc) is 3.40. The number of aliphatic hydroxyl groups is 1. The lowest BCUT2D eigenvalue weighted by molar-refractivity contribution is -0.118. The van der Waals surface area contributed by atoms with Crippen LogP contribution in [0.4, 0.5) is 5.69 Å². The van der Waals surface area contributed by atoms with Crippen molar-refractivity contribution in [3.8, 4) is 5.75 Å². The number of para-hydroxylation sites is 1. The highest BCUT2D eigenvalue weighted by molar-refractivity contribution is 5.94. The quantitative estimate of drug-likeness (QED) is 0.223. The van der Waals surface area contributed by atoms with E-state index in [2.05, 4.69) is 41.5 Å². The van der Waals surface area contributed by atoms with Gasteiger partial charge in [-0.3, -0.25) is 4.79 Å². The molecule has 39 heavy (non-hydrogen) atoms. The minimum absolute atomic E-state index is 0.0403. The molecule has 204 valence electrons. The molecule has 4 rings (SSSR count). The van der Waals surface area contributed by atoms with Crippen molar-refractivity contribution in [1.82, 2.24) is 14.9 Å². The second-order valence-corrected chi connectivity index (χ2v) is 9.58. The molecule has 7 nitrogen and oxygen atoms in total. The van der Waals surface area contributed by atoms with Gasteiger partial charge in [0.15, 0.2) is 0 Å². The molecular formula is C32H38N4O3. The van der Waals surface area contributed by atoms with Gasteiger partial charge < -0.3 is 24.6 Å². The number of imidazole rings is 1. The number of aromatic nitrogens is 2. The van der Waals surface area contributed by atoms with Gasteiger partial charge in [0, 0.05) is 37.7 Å². The number of benzene rings is 3. The van der Waals surface area contributed by atoms with E-state index in [0.29, 0.717) is 19.6 Å². The number of anilines is 1. The van der Waals surface area contributed by atoms with E-state index >= 15 is 0 Å². The van der Waals surface area contributed by atoms with Gasteiger partial charge in [0.2, 0.25) is 5.91 Å². The van der Waals surface area contributed by atoms with Gasteiger partial charge in [-0.1, -0.05) is 67.6 Å². The molecule has 0 bridgehead atoms. The van der Waals surface area contributed by atoms with Gasteiger partial charge in [0.1, 0.15) is 24.3 Å². The minimum Gasteiger partial charge on any atom is -0.491 e. The second kappa shape index (κ2) is 14.9. The zero-order valence-corrected chi connectivity index (χ0v) is 22.6. The number of nitrogens with zero attached hydrogens (tertiary/aromatic N) is 3. The molecule has 2 N–H and O–H groups in total. The zero-order chi connectivity index (χ0) is 27.3. The first-order chi connectivity index (χ1) is 19.1. The van der Waals surface area contributed by atoms with E-state index < -0.39 is 6.10 Å². The third kappa shape index (κ3) is 8.80. The lowest BCUT2D eigenvalue weighted by Crippen LogP contribution is -2.34.